The molecule has 1 fully saturated rings. The van der Waals surface area contributed by atoms with E-state index in [1.54, 1.807) is 36.4 Å². The summed E-state index contributed by atoms with van der Waals surface area (Å²) in [7, 11) is 0. The largest absolute Gasteiger partial charge is 0.325 e. The van der Waals surface area contributed by atoms with E-state index in [2.05, 4.69) is 27.9 Å². The summed E-state index contributed by atoms with van der Waals surface area (Å²) in [5.74, 6) is -0.662. The summed E-state index contributed by atoms with van der Waals surface area (Å²) in [6.45, 7) is 0. The van der Waals surface area contributed by atoms with Gasteiger partial charge in [-0.15, -0.1) is 11.8 Å². The maximum Gasteiger partial charge on any atom is 0.247 e. The monoisotopic (exact) mass is 500 g/mol. The van der Waals surface area contributed by atoms with Crippen LogP contribution in [0.4, 0.5) is 11.4 Å². The van der Waals surface area contributed by atoms with Crippen LogP contribution in [-0.4, -0.2) is 28.7 Å². The van der Waals surface area contributed by atoms with Crippen molar-refractivity contribution in [3.05, 3.63) is 57.1 Å². The maximum absolute atomic E-state index is 12.5. The molecule has 5 nitrogen and oxygen atoms in total. The van der Waals surface area contributed by atoms with Gasteiger partial charge in [-0.2, -0.15) is 0 Å². The fourth-order valence-electron chi connectivity index (χ4n) is 2.50. The number of hydrogen-bond donors (Lipinski definition) is 1. The van der Waals surface area contributed by atoms with Gasteiger partial charge in [-0.3, -0.25) is 14.4 Å². The Bertz CT molecular complexity index is 843. The molecule has 2 aromatic carbocycles. The second kappa shape index (κ2) is 8.41. The highest BCUT2D eigenvalue weighted by atomic mass is 127. The third-order valence-corrected chi connectivity index (χ3v) is 5.90. The Morgan fingerprint density at radius 2 is 1.81 bits per heavy atom. The van der Waals surface area contributed by atoms with Crippen LogP contribution < -0.4 is 10.2 Å². The van der Waals surface area contributed by atoms with Crippen molar-refractivity contribution in [3.63, 3.8) is 0 Å². The SMILES string of the molecule is O=C(CS[C@@H]1CC(=O)N(c2ccc(I)cc2)C1=O)Nc1ccc(Cl)cc1. The molecule has 0 bridgehead atoms. The van der Waals surface area contributed by atoms with Gasteiger partial charge in [-0.1, -0.05) is 11.6 Å². The molecule has 26 heavy (non-hydrogen) atoms. The number of amides is 3. The van der Waals surface area contributed by atoms with E-state index in [-0.39, 0.29) is 29.9 Å². The molecule has 1 atom stereocenters. The highest BCUT2D eigenvalue weighted by molar-refractivity contribution is 14.1. The molecule has 0 unspecified atom stereocenters. The maximum atomic E-state index is 12.5. The van der Waals surface area contributed by atoms with Gasteiger partial charge in [-0.25, -0.2) is 4.90 Å². The van der Waals surface area contributed by atoms with Gasteiger partial charge in [0.25, 0.3) is 0 Å². The molecule has 0 saturated carbocycles. The second-order valence-corrected chi connectivity index (χ2v) is 8.48. The number of carbonyl (C=O) groups excluding carboxylic acids is 3. The normalized spacial score (nSPS) is 16.8. The Labute approximate surface area is 173 Å². The average molecular weight is 501 g/mol. The van der Waals surface area contributed by atoms with Gasteiger partial charge in [0.15, 0.2) is 0 Å². The molecule has 3 amide bonds. The highest BCUT2D eigenvalue weighted by Crippen LogP contribution is 2.30. The Kier molecular flexibility index (Phi) is 6.20. The fourth-order valence-corrected chi connectivity index (χ4v) is 3.92. The van der Waals surface area contributed by atoms with E-state index in [0.717, 1.165) is 3.57 Å². The van der Waals surface area contributed by atoms with Crippen molar-refractivity contribution in [2.75, 3.05) is 16.0 Å². The van der Waals surface area contributed by atoms with Gasteiger partial charge >= 0.3 is 0 Å². The number of nitrogens with zero attached hydrogens (tertiary/aromatic N) is 1. The van der Waals surface area contributed by atoms with Gasteiger partial charge in [0.1, 0.15) is 0 Å². The summed E-state index contributed by atoms with van der Waals surface area (Å²) < 4.78 is 1.02. The van der Waals surface area contributed by atoms with Crippen LogP contribution in [0.3, 0.4) is 0 Å². The van der Waals surface area contributed by atoms with Gasteiger partial charge < -0.3 is 5.32 Å². The Morgan fingerprint density at radius 3 is 2.46 bits per heavy atom. The van der Waals surface area contributed by atoms with Gasteiger partial charge in [0.05, 0.1) is 16.7 Å². The predicted molar refractivity (Wildman–Crippen MR) is 113 cm³/mol. The van der Waals surface area contributed by atoms with Crippen LogP contribution in [0.25, 0.3) is 0 Å². The summed E-state index contributed by atoms with van der Waals surface area (Å²) in [5.41, 5.74) is 1.20. The van der Waals surface area contributed by atoms with Crippen molar-refractivity contribution in [2.45, 2.75) is 11.7 Å². The first kappa shape index (κ1) is 19.2. The topological polar surface area (TPSA) is 66.5 Å². The molecule has 3 rings (SSSR count). The van der Waals surface area contributed by atoms with E-state index in [9.17, 15) is 14.4 Å². The van der Waals surface area contributed by atoms with E-state index in [1.165, 1.54) is 16.7 Å². The molecule has 1 aliphatic heterocycles. The molecule has 1 N–H and O–H groups in total. The molecule has 1 heterocycles. The Morgan fingerprint density at radius 1 is 1.15 bits per heavy atom. The Balaban J connectivity index is 1.57. The zero-order chi connectivity index (χ0) is 18.7. The number of nitrogens with one attached hydrogen (secondary N) is 1. The minimum Gasteiger partial charge on any atom is -0.325 e. The lowest BCUT2D eigenvalue weighted by Gasteiger charge is -2.15. The average Bonchev–Trinajstić information content (AvgIpc) is 2.90. The highest BCUT2D eigenvalue weighted by Gasteiger charge is 2.40. The molecule has 134 valence electrons. The lowest BCUT2D eigenvalue weighted by atomic mass is 10.3. The molecule has 0 radical (unpaired) electrons. The van der Waals surface area contributed by atoms with Crippen molar-refractivity contribution in [1.82, 2.24) is 0 Å². The summed E-state index contributed by atoms with van der Waals surface area (Å²) in [6.07, 6.45) is 0.101. The Hall–Kier alpha value is -1.58. The standard InChI is InChI=1S/C18H14ClIN2O3S/c19-11-1-5-13(6-2-11)21-16(23)10-26-15-9-17(24)22(18(15)25)14-7-3-12(20)4-8-14/h1-8,15H,9-10H2,(H,21,23)/t15-/m1/s1. The van der Waals surface area contributed by atoms with Crippen molar-refractivity contribution in [1.29, 1.82) is 0 Å². The van der Waals surface area contributed by atoms with E-state index in [1.807, 2.05) is 12.1 Å². The molecule has 0 aliphatic carbocycles. The van der Waals surface area contributed by atoms with Crippen LogP contribution in [0.5, 0.6) is 0 Å². The predicted octanol–water partition coefficient (Wildman–Crippen LogP) is 3.95. The third-order valence-electron chi connectivity index (χ3n) is 3.73. The molecule has 0 spiro atoms. The number of benzene rings is 2. The van der Waals surface area contributed by atoms with E-state index >= 15 is 0 Å². The van der Waals surface area contributed by atoms with Crippen molar-refractivity contribution in [2.24, 2.45) is 0 Å². The molecule has 0 aromatic heterocycles. The first-order valence-corrected chi connectivity index (χ1v) is 10.2. The van der Waals surface area contributed by atoms with E-state index < -0.39 is 5.25 Å². The zero-order valence-electron chi connectivity index (χ0n) is 13.4. The lowest BCUT2D eigenvalue weighted by Crippen LogP contribution is -2.31. The summed E-state index contributed by atoms with van der Waals surface area (Å²) in [4.78, 5) is 38.0. The summed E-state index contributed by atoms with van der Waals surface area (Å²) >= 11 is 9.14. The van der Waals surface area contributed by atoms with Crippen LogP contribution in [0.2, 0.25) is 5.02 Å². The summed E-state index contributed by atoms with van der Waals surface area (Å²) in [5, 5.41) is 2.78. The number of halogens is 2. The van der Waals surface area contributed by atoms with Crippen LogP contribution >= 0.6 is 46.0 Å². The zero-order valence-corrected chi connectivity index (χ0v) is 17.2. The van der Waals surface area contributed by atoms with E-state index in [4.69, 9.17) is 11.6 Å². The smallest absolute Gasteiger partial charge is 0.247 e. The van der Waals surface area contributed by atoms with Crippen LogP contribution in [0, 0.1) is 3.57 Å². The third kappa shape index (κ3) is 4.57. The van der Waals surface area contributed by atoms with Gasteiger partial charge in [0, 0.05) is 20.7 Å². The number of thioether (sulfide) groups is 1. The molecular formula is C18H14ClIN2O3S. The van der Waals surface area contributed by atoms with Crippen LogP contribution in [0.1, 0.15) is 6.42 Å². The molecule has 8 heteroatoms. The fraction of sp³-hybridized carbons (Fsp3) is 0.167. The summed E-state index contributed by atoms with van der Waals surface area (Å²) in [6, 6.07) is 14.0. The van der Waals surface area contributed by atoms with Crippen molar-refractivity contribution >= 4 is 75.1 Å². The van der Waals surface area contributed by atoms with Crippen molar-refractivity contribution < 1.29 is 14.4 Å². The first-order chi connectivity index (χ1) is 12.4. The number of hydrogen-bond acceptors (Lipinski definition) is 4. The van der Waals surface area contributed by atoms with Crippen LogP contribution in [0.15, 0.2) is 48.5 Å². The first-order valence-electron chi connectivity index (χ1n) is 7.73. The number of anilines is 2. The number of carbonyl (C=O) groups is 3. The second-order valence-electron chi connectivity index (χ2n) is 5.60. The van der Waals surface area contributed by atoms with Gasteiger partial charge in [0.2, 0.25) is 17.7 Å². The minimum absolute atomic E-state index is 0.0901. The molecule has 1 aliphatic rings. The van der Waals surface area contributed by atoms with Crippen LogP contribution in [-0.2, 0) is 14.4 Å². The quantitative estimate of drug-likeness (QED) is 0.499. The number of rotatable bonds is 5. The minimum atomic E-state index is -0.544. The molecule has 2 aromatic rings. The van der Waals surface area contributed by atoms with Gasteiger partial charge in [-0.05, 0) is 71.1 Å². The lowest BCUT2D eigenvalue weighted by molar-refractivity contribution is -0.121. The van der Waals surface area contributed by atoms with Crippen molar-refractivity contribution in [3.8, 4) is 0 Å². The van der Waals surface area contributed by atoms with E-state index in [0.29, 0.717) is 16.4 Å². The number of imide groups is 1. The molecule has 1 saturated heterocycles. The molecular weight excluding hydrogens is 487 g/mol.